The highest BCUT2D eigenvalue weighted by Crippen LogP contribution is 2.58. The van der Waals surface area contributed by atoms with Crippen LogP contribution in [0.25, 0.3) is 0 Å². The van der Waals surface area contributed by atoms with Crippen LogP contribution in [0.15, 0.2) is 11.6 Å². The van der Waals surface area contributed by atoms with E-state index in [1.54, 1.807) is 5.57 Å². The van der Waals surface area contributed by atoms with Gasteiger partial charge in [-0.3, -0.25) is 0 Å². The largest absolute Gasteiger partial charge is 0.167 e. The van der Waals surface area contributed by atoms with E-state index in [9.17, 15) is 0 Å². The first-order valence-electron chi connectivity index (χ1n) is 7.34. The summed E-state index contributed by atoms with van der Waals surface area (Å²) < 4.78 is 0. The molecule has 17 heavy (non-hydrogen) atoms. The van der Waals surface area contributed by atoms with Crippen LogP contribution in [0.1, 0.15) is 39.0 Å². The van der Waals surface area contributed by atoms with Gasteiger partial charge in [-0.1, -0.05) is 44.0 Å². The third kappa shape index (κ3) is 2.04. The lowest BCUT2D eigenvalue weighted by atomic mass is 9.70. The predicted molar refractivity (Wildman–Crippen MR) is 77.9 cm³/mol. The first kappa shape index (κ1) is 12.3. The third-order valence-corrected chi connectivity index (χ3v) is 8.72. The lowest BCUT2D eigenvalue weighted by Gasteiger charge is -2.40. The van der Waals surface area contributed by atoms with Crippen LogP contribution in [0.5, 0.6) is 0 Å². The lowest BCUT2D eigenvalue weighted by Crippen LogP contribution is -2.36. The van der Waals surface area contributed by atoms with Crippen molar-refractivity contribution in [2.45, 2.75) is 57.7 Å². The number of fused-ring (bicyclic) bond motifs is 2. The van der Waals surface area contributed by atoms with Gasteiger partial charge in [0.2, 0.25) is 0 Å². The third-order valence-electron chi connectivity index (χ3n) is 5.65. The summed E-state index contributed by atoms with van der Waals surface area (Å²) >= 11 is 6.80. The summed E-state index contributed by atoms with van der Waals surface area (Å²) in [6.07, 6.45) is 10.1. The molecule has 2 heteroatoms. The molecule has 0 aromatic heterocycles. The van der Waals surface area contributed by atoms with Gasteiger partial charge >= 0.3 is 0 Å². The Morgan fingerprint density at radius 3 is 2.47 bits per heavy atom. The lowest BCUT2D eigenvalue weighted by molar-refractivity contribution is 0.171. The normalized spacial score (nSPS) is 45.4. The second-order valence-electron chi connectivity index (χ2n) is 7.20. The molecule has 0 radical (unpaired) electrons. The molecule has 3 rings (SSSR count). The van der Waals surface area contributed by atoms with Crippen LogP contribution in [-0.4, -0.2) is 7.38 Å². The molecular formula is C15H25ClSi. The monoisotopic (exact) mass is 268 g/mol. The molecule has 0 aliphatic heterocycles. The van der Waals surface area contributed by atoms with Gasteiger partial charge in [-0.25, -0.2) is 0 Å². The van der Waals surface area contributed by atoms with E-state index in [0.717, 1.165) is 29.2 Å². The number of hydrogen-bond donors (Lipinski definition) is 0. The minimum atomic E-state index is -1.54. The van der Waals surface area contributed by atoms with E-state index in [0.29, 0.717) is 0 Å². The maximum atomic E-state index is 6.80. The Hall–Kier alpha value is 0.247. The molecule has 0 aromatic rings. The molecule has 3 aliphatic rings. The minimum absolute atomic E-state index is 0.760. The summed E-state index contributed by atoms with van der Waals surface area (Å²) in [5.74, 6) is 3.89. The SMILES string of the molecule is CC1=CC2CC3CCCC3CC2C1[Si](C)(C)Cl. The predicted octanol–water partition coefficient (Wildman–Crippen LogP) is 5.20. The summed E-state index contributed by atoms with van der Waals surface area (Å²) in [7, 11) is -1.54. The first-order chi connectivity index (χ1) is 7.97. The summed E-state index contributed by atoms with van der Waals surface area (Å²) in [4.78, 5) is 0. The average molecular weight is 269 g/mol. The quantitative estimate of drug-likeness (QED) is 0.348. The fourth-order valence-corrected chi connectivity index (χ4v) is 8.77. The van der Waals surface area contributed by atoms with Gasteiger partial charge in [0.05, 0.1) is 0 Å². The highest BCUT2D eigenvalue weighted by molar-refractivity contribution is 7.20. The molecule has 5 atom stereocenters. The molecule has 0 N–H and O–H groups in total. The Labute approximate surface area is 112 Å². The smallest absolute Gasteiger partial charge is 0.157 e. The molecule has 0 aromatic carbocycles. The summed E-state index contributed by atoms with van der Waals surface area (Å²) in [6.45, 7) is 7.04. The van der Waals surface area contributed by atoms with Gasteiger partial charge in [0.1, 0.15) is 0 Å². The van der Waals surface area contributed by atoms with E-state index in [1.165, 1.54) is 32.1 Å². The van der Waals surface area contributed by atoms with Gasteiger partial charge in [0, 0.05) is 0 Å². The Morgan fingerprint density at radius 1 is 1.18 bits per heavy atom. The van der Waals surface area contributed by atoms with E-state index < -0.39 is 7.38 Å². The molecule has 3 aliphatic carbocycles. The number of allylic oxidation sites excluding steroid dienone is 2. The van der Waals surface area contributed by atoms with Crippen LogP contribution in [0, 0.1) is 23.7 Å². The van der Waals surface area contributed by atoms with Crippen molar-refractivity contribution >= 4 is 18.5 Å². The van der Waals surface area contributed by atoms with Gasteiger partial charge in [0.25, 0.3) is 0 Å². The Bertz CT molecular complexity index is 341. The molecule has 2 saturated carbocycles. The number of hydrogen-bond acceptors (Lipinski definition) is 0. The average Bonchev–Trinajstić information content (AvgIpc) is 2.73. The van der Waals surface area contributed by atoms with Crippen LogP contribution in [0.4, 0.5) is 0 Å². The zero-order chi connectivity index (χ0) is 12.2. The number of rotatable bonds is 1. The second-order valence-corrected chi connectivity index (χ2v) is 13.9. The van der Waals surface area contributed by atoms with E-state index >= 15 is 0 Å². The van der Waals surface area contributed by atoms with E-state index in [4.69, 9.17) is 11.1 Å². The molecule has 0 bridgehead atoms. The second kappa shape index (κ2) is 4.13. The topological polar surface area (TPSA) is 0 Å². The molecule has 0 nitrogen and oxygen atoms in total. The van der Waals surface area contributed by atoms with Crippen LogP contribution in [0.2, 0.25) is 18.6 Å². The van der Waals surface area contributed by atoms with E-state index in [1.807, 2.05) is 0 Å². The molecule has 0 spiro atoms. The van der Waals surface area contributed by atoms with Crippen molar-refractivity contribution in [1.29, 1.82) is 0 Å². The standard InChI is InChI=1S/C15H25ClSi/c1-10-7-13-8-11-5-4-6-12(11)9-14(13)15(10)17(2,3)16/h7,11-15H,4-6,8-9H2,1-3H3. The van der Waals surface area contributed by atoms with Crippen molar-refractivity contribution in [2.75, 3.05) is 0 Å². The molecule has 96 valence electrons. The summed E-state index contributed by atoms with van der Waals surface area (Å²) in [5, 5.41) is 0. The molecule has 0 heterocycles. The highest BCUT2D eigenvalue weighted by atomic mass is 35.6. The molecule has 0 amide bonds. The summed E-state index contributed by atoms with van der Waals surface area (Å²) in [6, 6.07) is 0. The van der Waals surface area contributed by atoms with Crippen molar-refractivity contribution in [3.8, 4) is 0 Å². The van der Waals surface area contributed by atoms with E-state index in [-0.39, 0.29) is 0 Å². The zero-order valence-corrected chi connectivity index (χ0v) is 13.1. The minimum Gasteiger partial charge on any atom is -0.167 e. The van der Waals surface area contributed by atoms with Gasteiger partial charge in [-0.05, 0) is 49.0 Å². The first-order valence-corrected chi connectivity index (χ1v) is 11.4. The zero-order valence-electron chi connectivity index (χ0n) is 11.4. The van der Waals surface area contributed by atoms with Gasteiger partial charge < -0.3 is 0 Å². The summed E-state index contributed by atoms with van der Waals surface area (Å²) in [5.41, 5.74) is 2.39. The Morgan fingerprint density at radius 2 is 1.82 bits per heavy atom. The Balaban J connectivity index is 1.84. The van der Waals surface area contributed by atoms with Crippen molar-refractivity contribution in [1.82, 2.24) is 0 Å². The highest BCUT2D eigenvalue weighted by Gasteiger charge is 2.49. The number of halogens is 1. The fraction of sp³-hybridized carbons (Fsp3) is 0.867. The van der Waals surface area contributed by atoms with E-state index in [2.05, 4.69) is 26.1 Å². The van der Waals surface area contributed by atoms with Crippen LogP contribution in [0.3, 0.4) is 0 Å². The van der Waals surface area contributed by atoms with Gasteiger partial charge in [-0.15, -0.1) is 0 Å². The van der Waals surface area contributed by atoms with Crippen molar-refractivity contribution in [3.05, 3.63) is 11.6 Å². The maximum Gasteiger partial charge on any atom is 0.157 e. The van der Waals surface area contributed by atoms with Gasteiger partial charge in [-0.2, -0.15) is 11.1 Å². The fourth-order valence-electron chi connectivity index (χ4n) is 5.19. The van der Waals surface area contributed by atoms with Crippen molar-refractivity contribution in [2.24, 2.45) is 23.7 Å². The molecular weight excluding hydrogens is 244 g/mol. The Kier molecular flexibility index (Phi) is 2.98. The molecule has 2 fully saturated rings. The van der Waals surface area contributed by atoms with Crippen LogP contribution < -0.4 is 0 Å². The van der Waals surface area contributed by atoms with Crippen molar-refractivity contribution in [3.63, 3.8) is 0 Å². The van der Waals surface area contributed by atoms with Crippen molar-refractivity contribution < 1.29 is 0 Å². The molecule has 0 saturated heterocycles. The molecule has 5 unspecified atom stereocenters. The van der Waals surface area contributed by atoms with Crippen LogP contribution in [-0.2, 0) is 0 Å². The van der Waals surface area contributed by atoms with Crippen LogP contribution >= 0.6 is 11.1 Å². The maximum absolute atomic E-state index is 6.80. The van der Waals surface area contributed by atoms with Gasteiger partial charge in [0.15, 0.2) is 7.38 Å².